The van der Waals surface area contributed by atoms with Crippen LogP contribution in [-0.4, -0.2) is 21.6 Å². The third kappa shape index (κ3) is 8.25. The molecule has 0 spiro atoms. The van der Waals surface area contributed by atoms with Crippen LogP contribution in [0.2, 0.25) is 6.04 Å². The summed E-state index contributed by atoms with van der Waals surface area (Å²) < 4.78 is 5.31. The standard InChI is InChI=1S/C16H32O2Si/c1-7-8-9-10-11-19-15(12(2)3)14(6)16(17)18-13(4)5/h12-13H,7-11,19H2,1-6H3. The zero-order chi connectivity index (χ0) is 14.8. The maximum absolute atomic E-state index is 12.0. The molecule has 0 radical (unpaired) electrons. The summed E-state index contributed by atoms with van der Waals surface area (Å²) in [6, 6.07) is 1.32. The van der Waals surface area contributed by atoms with Gasteiger partial charge in [0.15, 0.2) is 0 Å². The summed E-state index contributed by atoms with van der Waals surface area (Å²) in [5.41, 5.74) is 0.880. The Morgan fingerprint density at radius 3 is 2.21 bits per heavy atom. The van der Waals surface area contributed by atoms with Gasteiger partial charge in [0.05, 0.1) is 15.6 Å². The van der Waals surface area contributed by atoms with Crippen molar-refractivity contribution < 1.29 is 9.53 Å². The Kier molecular flexibility index (Phi) is 9.93. The van der Waals surface area contributed by atoms with Crippen LogP contribution < -0.4 is 0 Å². The molecule has 0 saturated carbocycles. The molecule has 0 aromatic heterocycles. The van der Waals surface area contributed by atoms with E-state index in [1.54, 1.807) is 0 Å². The van der Waals surface area contributed by atoms with Gasteiger partial charge >= 0.3 is 5.97 Å². The van der Waals surface area contributed by atoms with Gasteiger partial charge in [-0.3, -0.25) is 0 Å². The maximum Gasteiger partial charge on any atom is 0.333 e. The lowest BCUT2D eigenvalue weighted by Crippen LogP contribution is -2.17. The molecule has 19 heavy (non-hydrogen) atoms. The van der Waals surface area contributed by atoms with Gasteiger partial charge in [0.25, 0.3) is 0 Å². The Bertz CT molecular complexity index is 293. The van der Waals surface area contributed by atoms with Crippen molar-refractivity contribution in [3.63, 3.8) is 0 Å². The molecular formula is C16H32O2Si. The Labute approximate surface area is 121 Å². The van der Waals surface area contributed by atoms with Crippen molar-refractivity contribution in [2.24, 2.45) is 5.92 Å². The first-order chi connectivity index (χ1) is 8.90. The molecule has 0 bridgehead atoms. The lowest BCUT2D eigenvalue weighted by Gasteiger charge is -2.16. The maximum atomic E-state index is 12.0. The van der Waals surface area contributed by atoms with Crippen LogP contribution in [0.15, 0.2) is 10.8 Å². The molecule has 0 amide bonds. The van der Waals surface area contributed by atoms with Crippen molar-refractivity contribution >= 4 is 15.5 Å². The van der Waals surface area contributed by atoms with Crippen LogP contribution >= 0.6 is 0 Å². The highest BCUT2D eigenvalue weighted by molar-refractivity contribution is 6.46. The lowest BCUT2D eigenvalue weighted by molar-refractivity contribution is -0.142. The van der Waals surface area contributed by atoms with E-state index in [1.807, 2.05) is 20.8 Å². The fourth-order valence-corrected chi connectivity index (χ4v) is 4.34. The van der Waals surface area contributed by atoms with Gasteiger partial charge in [-0.25, -0.2) is 4.79 Å². The van der Waals surface area contributed by atoms with Crippen molar-refractivity contribution in [3.8, 4) is 0 Å². The second kappa shape index (κ2) is 10.2. The van der Waals surface area contributed by atoms with Gasteiger partial charge in [0.1, 0.15) is 0 Å². The predicted molar refractivity (Wildman–Crippen MR) is 86.3 cm³/mol. The van der Waals surface area contributed by atoms with Crippen molar-refractivity contribution in [1.29, 1.82) is 0 Å². The molecule has 0 heterocycles. The van der Waals surface area contributed by atoms with Crippen LogP contribution in [0.5, 0.6) is 0 Å². The second-order valence-corrected chi connectivity index (χ2v) is 7.89. The summed E-state index contributed by atoms with van der Waals surface area (Å²) >= 11 is 0. The van der Waals surface area contributed by atoms with E-state index in [1.165, 1.54) is 36.9 Å². The SMILES string of the molecule is CCCCCC[SiH2]C(=C(C)C(=O)OC(C)C)C(C)C. The third-order valence-electron chi connectivity index (χ3n) is 3.38. The first kappa shape index (κ1) is 18.4. The monoisotopic (exact) mass is 284 g/mol. The fraction of sp³-hybridized carbons (Fsp3) is 0.812. The molecule has 0 aliphatic carbocycles. The molecule has 0 aliphatic heterocycles. The molecule has 0 aliphatic rings. The second-order valence-electron chi connectivity index (χ2n) is 5.92. The van der Waals surface area contributed by atoms with Crippen molar-refractivity contribution in [2.45, 2.75) is 79.4 Å². The average Bonchev–Trinajstić information content (AvgIpc) is 2.31. The number of ether oxygens (including phenoxy) is 1. The van der Waals surface area contributed by atoms with E-state index in [0.29, 0.717) is 5.92 Å². The first-order valence-corrected chi connectivity index (χ1v) is 9.51. The van der Waals surface area contributed by atoms with Crippen LogP contribution in [-0.2, 0) is 9.53 Å². The Hall–Kier alpha value is -0.573. The Morgan fingerprint density at radius 2 is 1.74 bits per heavy atom. The van der Waals surface area contributed by atoms with Gasteiger partial charge < -0.3 is 4.74 Å². The van der Waals surface area contributed by atoms with Gasteiger partial charge in [-0.1, -0.05) is 57.7 Å². The number of esters is 1. The summed E-state index contributed by atoms with van der Waals surface area (Å²) in [5, 5.41) is 1.40. The van der Waals surface area contributed by atoms with E-state index >= 15 is 0 Å². The molecule has 0 atom stereocenters. The summed E-state index contributed by atoms with van der Waals surface area (Å²) in [6.45, 7) is 12.4. The number of carbonyl (C=O) groups excluding carboxylic acids is 1. The highest BCUT2D eigenvalue weighted by Gasteiger charge is 2.15. The van der Waals surface area contributed by atoms with Gasteiger partial charge in [-0.2, -0.15) is 0 Å². The van der Waals surface area contributed by atoms with Crippen molar-refractivity contribution in [1.82, 2.24) is 0 Å². The molecule has 0 N–H and O–H groups in total. The van der Waals surface area contributed by atoms with Gasteiger partial charge in [-0.15, -0.1) is 0 Å². The van der Waals surface area contributed by atoms with E-state index in [4.69, 9.17) is 4.74 Å². The van der Waals surface area contributed by atoms with E-state index in [-0.39, 0.29) is 21.6 Å². The Balaban J connectivity index is 4.47. The number of unbranched alkanes of at least 4 members (excludes halogenated alkanes) is 3. The largest absolute Gasteiger partial charge is 0.460 e. The zero-order valence-corrected chi connectivity index (χ0v) is 15.1. The molecule has 0 rings (SSSR count). The van der Waals surface area contributed by atoms with Crippen LogP contribution in [0.25, 0.3) is 0 Å². The van der Waals surface area contributed by atoms with Crippen LogP contribution in [0.4, 0.5) is 0 Å². The van der Waals surface area contributed by atoms with E-state index in [9.17, 15) is 4.79 Å². The van der Waals surface area contributed by atoms with Crippen LogP contribution in [0.3, 0.4) is 0 Å². The summed E-state index contributed by atoms with van der Waals surface area (Å²) in [6.07, 6.45) is 5.26. The molecule has 0 unspecified atom stereocenters. The van der Waals surface area contributed by atoms with Gasteiger partial charge in [0.2, 0.25) is 0 Å². The van der Waals surface area contributed by atoms with Crippen molar-refractivity contribution in [2.75, 3.05) is 0 Å². The molecular weight excluding hydrogens is 252 g/mol. The van der Waals surface area contributed by atoms with Gasteiger partial charge in [-0.05, 0) is 26.7 Å². The summed E-state index contributed by atoms with van der Waals surface area (Å²) in [4.78, 5) is 12.0. The zero-order valence-electron chi connectivity index (χ0n) is 13.7. The van der Waals surface area contributed by atoms with E-state index in [0.717, 1.165) is 5.57 Å². The minimum absolute atomic E-state index is 0.0258. The highest BCUT2D eigenvalue weighted by atomic mass is 28.2. The van der Waals surface area contributed by atoms with Crippen molar-refractivity contribution in [3.05, 3.63) is 10.8 Å². The van der Waals surface area contributed by atoms with E-state index < -0.39 is 0 Å². The first-order valence-electron chi connectivity index (χ1n) is 7.80. The average molecular weight is 285 g/mol. The summed E-state index contributed by atoms with van der Waals surface area (Å²) in [7, 11) is -0.295. The number of carbonyl (C=O) groups is 1. The molecule has 3 heteroatoms. The Morgan fingerprint density at radius 1 is 1.11 bits per heavy atom. The van der Waals surface area contributed by atoms with Crippen LogP contribution in [0, 0.1) is 5.92 Å². The molecule has 0 aromatic carbocycles. The number of rotatable bonds is 9. The predicted octanol–water partition coefficient (Wildman–Crippen LogP) is 4.04. The molecule has 0 aromatic rings. The molecule has 0 saturated heterocycles. The smallest absolute Gasteiger partial charge is 0.333 e. The topological polar surface area (TPSA) is 26.3 Å². The van der Waals surface area contributed by atoms with Crippen LogP contribution in [0.1, 0.15) is 67.2 Å². The lowest BCUT2D eigenvalue weighted by atomic mass is 10.1. The van der Waals surface area contributed by atoms with E-state index in [2.05, 4.69) is 20.8 Å². The van der Waals surface area contributed by atoms with Gasteiger partial charge in [0, 0.05) is 5.57 Å². The number of hydrogen-bond acceptors (Lipinski definition) is 2. The number of allylic oxidation sites excluding steroid dienone is 1. The normalized spacial score (nSPS) is 13.5. The minimum Gasteiger partial charge on any atom is -0.460 e. The quantitative estimate of drug-likeness (QED) is 0.276. The fourth-order valence-electron chi connectivity index (χ4n) is 2.26. The highest BCUT2D eigenvalue weighted by Crippen LogP contribution is 2.18. The minimum atomic E-state index is -0.295. The molecule has 2 nitrogen and oxygen atoms in total. The molecule has 112 valence electrons. The number of hydrogen-bond donors (Lipinski definition) is 0. The third-order valence-corrected chi connectivity index (χ3v) is 6.12. The molecule has 0 fully saturated rings. The summed E-state index contributed by atoms with van der Waals surface area (Å²) in [5.74, 6) is 0.373.